The monoisotopic (exact) mass is 255 g/mol. The highest BCUT2D eigenvalue weighted by atomic mass is 19.1. The highest BCUT2D eigenvalue weighted by Crippen LogP contribution is 2.06. The zero-order valence-electron chi connectivity index (χ0n) is 9.93. The molecule has 0 spiro atoms. The van der Waals surface area contributed by atoms with Gasteiger partial charge in [-0.1, -0.05) is 18.2 Å². The van der Waals surface area contributed by atoms with Crippen LogP contribution in [0.4, 0.5) is 4.39 Å². The Morgan fingerprint density at radius 3 is 2.89 bits per heavy atom. The summed E-state index contributed by atoms with van der Waals surface area (Å²) in [4.78, 5) is 15.7. The van der Waals surface area contributed by atoms with E-state index in [2.05, 4.69) is 10.3 Å². The number of nitrogens with one attached hydrogen (secondary N) is 1. The van der Waals surface area contributed by atoms with E-state index in [0.717, 1.165) is 0 Å². The van der Waals surface area contributed by atoms with E-state index in [0.29, 0.717) is 11.1 Å². The topological polar surface area (TPSA) is 65.8 Å². The van der Waals surface area contributed by atoms with Crippen molar-refractivity contribution in [3.05, 3.63) is 65.2 Å². The van der Waals surface area contributed by atoms with E-state index < -0.39 is 5.91 Å². The number of pyridine rings is 1. The van der Waals surface area contributed by atoms with Crippen molar-refractivity contribution >= 4 is 5.91 Å². The van der Waals surface area contributed by atoms with Gasteiger partial charge < -0.3 is 5.32 Å². The van der Waals surface area contributed by atoms with Gasteiger partial charge in [0.25, 0.3) is 5.91 Å². The number of nitriles is 1. The van der Waals surface area contributed by atoms with Gasteiger partial charge in [-0.05, 0) is 18.2 Å². The second kappa shape index (κ2) is 5.74. The molecule has 1 N–H and O–H groups in total. The molecule has 5 heteroatoms. The first-order valence-corrected chi connectivity index (χ1v) is 5.58. The molecule has 1 aromatic carbocycles. The summed E-state index contributed by atoms with van der Waals surface area (Å²) in [7, 11) is 0. The fourth-order valence-electron chi connectivity index (χ4n) is 1.53. The van der Waals surface area contributed by atoms with Crippen molar-refractivity contribution in [2.24, 2.45) is 0 Å². The molecule has 0 aliphatic heterocycles. The van der Waals surface area contributed by atoms with E-state index >= 15 is 0 Å². The van der Waals surface area contributed by atoms with E-state index in [1.54, 1.807) is 18.2 Å². The highest BCUT2D eigenvalue weighted by molar-refractivity contribution is 5.92. The van der Waals surface area contributed by atoms with Crippen LogP contribution in [0.3, 0.4) is 0 Å². The molecule has 0 fully saturated rings. The number of aromatic nitrogens is 1. The number of hydrogen-bond donors (Lipinski definition) is 1. The Kier molecular flexibility index (Phi) is 3.84. The van der Waals surface area contributed by atoms with Crippen LogP contribution in [0.1, 0.15) is 21.6 Å². The third kappa shape index (κ3) is 3.13. The number of hydrogen-bond acceptors (Lipinski definition) is 3. The first-order valence-electron chi connectivity index (χ1n) is 5.58. The van der Waals surface area contributed by atoms with E-state index in [4.69, 9.17) is 5.26 Å². The molecule has 19 heavy (non-hydrogen) atoms. The van der Waals surface area contributed by atoms with E-state index in [1.807, 2.05) is 6.07 Å². The molecule has 2 aromatic rings. The van der Waals surface area contributed by atoms with E-state index in [1.165, 1.54) is 24.4 Å². The number of rotatable bonds is 3. The Balaban J connectivity index is 2.06. The van der Waals surface area contributed by atoms with Crippen molar-refractivity contribution in [2.45, 2.75) is 6.54 Å². The lowest BCUT2D eigenvalue weighted by atomic mass is 10.2. The predicted octanol–water partition coefficient (Wildman–Crippen LogP) is 2.02. The van der Waals surface area contributed by atoms with Gasteiger partial charge in [0.2, 0.25) is 0 Å². The van der Waals surface area contributed by atoms with Gasteiger partial charge >= 0.3 is 0 Å². The molecule has 1 heterocycles. The lowest BCUT2D eigenvalue weighted by molar-refractivity contribution is 0.0945. The summed E-state index contributed by atoms with van der Waals surface area (Å²) >= 11 is 0. The zero-order chi connectivity index (χ0) is 13.7. The van der Waals surface area contributed by atoms with Crippen molar-refractivity contribution < 1.29 is 9.18 Å². The van der Waals surface area contributed by atoms with Crippen LogP contribution in [0.5, 0.6) is 0 Å². The van der Waals surface area contributed by atoms with Gasteiger partial charge in [0.1, 0.15) is 11.5 Å². The molecule has 0 unspecified atom stereocenters. The van der Waals surface area contributed by atoms with Crippen LogP contribution in [0.25, 0.3) is 0 Å². The molecule has 0 atom stereocenters. The lowest BCUT2D eigenvalue weighted by Crippen LogP contribution is -2.24. The minimum Gasteiger partial charge on any atom is -0.347 e. The third-order valence-corrected chi connectivity index (χ3v) is 2.52. The summed E-state index contributed by atoms with van der Waals surface area (Å²) in [5.74, 6) is -0.818. The normalized spacial score (nSPS) is 9.68. The molecule has 0 aliphatic carbocycles. The second-order valence-corrected chi connectivity index (χ2v) is 3.82. The average molecular weight is 255 g/mol. The summed E-state index contributed by atoms with van der Waals surface area (Å²) in [6.45, 7) is 0.0734. The average Bonchev–Trinajstić information content (AvgIpc) is 2.46. The van der Waals surface area contributed by atoms with Crippen LogP contribution in [0.2, 0.25) is 0 Å². The fraction of sp³-hybridized carbons (Fsp3) is 0.0714. The van der Waals surface area contributed by atoms with Gasteiger partial charge in [-0.15, -0.1) is 0 Å². The van der Waals surface area contributed by atoms with E-state index in [9.17, 15) is 9.18 Å². The van der Waals surface area contributed by atoms with Crippen LogP contribution in [0, 0.1) is 17.1 Å². The maximum atomic E-state index is 13.4. The van der Waals surface area contributed by atoms with E-state index in [-0.39, 0.29) is 18.1 Å². The summed E-state index contributed by atoms with van der Waals surface area (Å²) in [6.07, 6.45) is 1.39. The molecule has 0 saturated carbocycles. The molecule has 1 amide bonds. The predicted molar refractivity (Wildman–Crippen MR) is 66.5 cm³/mol. The summed E-state index contributed by atoms with van der Waals surface area (Å²) in [6, 6.07) is 11.0. The Morgan fingerprint density at radius 2 is 2.16 bits per heavy atom. The van der Waals surface area contributed by atoms with Gasteiger partial charge in [0.05, 0.1) is 11.6 Å². The standard InChI is InChI=1S/C14H10FN3O/c15-12-4-2-1-3-11(12)9-18-14(19)13-7-10(8-16)5-6-17-13/h1-7H,9H2,(H,18,19). The minimum absolute atomic E-state index is 0.0734. The molecule has 0 aliphatic rings. The Morgan fingerprint density at radius 1 is 1.37 bits per heavy atom. The van der Waals surface area contributed by atoms with Crippen molar-refractivity contribution in [3.8, 4) is 6.07 Å². The van der Waals surface area contributed by atoms with Crippen molar-refractivity contribution in [1.82, 2.24) is 10.3 Å². The lowest BCUT2D eigenvalue weighted by Gasteiger charge is -2.05. The summed E-state index contributed by atoms with van der Waals surface area (Å²) in [5, 5.41) is 11.3. The molecule has 4 nitrogen and oxygen atoms in total. The largest absolute Gasteiger partial charge is 0.347 e. The molecular formula is C14H10FN3O. The van der Waals surface area contributed by atoms with Crippen LogP contribution >= 0.6 is 0 Å². The number of amides is 1. The smallest absolute Gasteiger partial charge is 0.270 e. The van der Waals surface area contributed by atoms with Crippen molar-refractivity contribution in [1.29, 1.82) is 5.26 Å². The summed E-state index contributed by atoms with van der Waals surface area (Å²) in [5.41, 5.74) is 0.883. The molecule has 0 bridgehead atoms. The molecular weight excluding hydrogens is 245 g/mol. The number of carbonyl (C=O) groups excluding carboxylic acids is 1. The fourth-order valence-corrected chi connectivity index (χ4v) is 1.53. The molecule has 0 saturated heterocycles. The maximum Gasteiger partial charge on any atom is 0.270 e. The van der Waals surface area contributed by atoms with Gasteiger partial charge in [-0.2, -0.15) is 5.26 Å². The van der Waals surface area contributed by atoms with Crippen molar-refractivity contribution in [2.75, 3.05) is 0 Å². The first-order chi connectivity index (χ1) is 9.20. The van der Waals surface area contributed by atoms with Gasteiger partial charge in [-0.25, -0.2) is 4.39 Å². The van der Waals surface area contributed by atoms with Crippen LogP contribution in [-0.4, -0.2) is 10.9 Å². The number of carbonyl (C=O) groups is 1. The first kappa shape index (κ1) is 12.7. The molecule has 2 rings (SSSR count). The van der Waals surface area contributed by atoms with Crippen LogP contribution < -0.4 is 5.32 Å². The van der Waals surface area contributed by atoms with Crippen LogP contribution in [0.15, 0.2) is 42.6 Å². The Hall–Kier alpha value is -2.74. The van der Waals surface area contributed by atoms with Crippen molar-refractivity contribution in [3.63, 3.8) is 0 Å². The number of halogens is 1. The highest BCUT2D eigenvalue weighted by Gasteiger charge is 2.08. The SMILES string of the molecule is N#Cc1ccnc(C(=O)NCc2ccccc2F)c1. The van der Waals surface area contributed by atoms with Gasteiger partial charge in [-0.3, -0.25) is 9.78 Å². The third-order valence-electron chi connectivity index (χ3n) is 2.52. The molecule has 94 valence electrons. The van der Waals surface area contributed by atoms with Gasteiger partial charge in [0, 0.05) is 18.3 Å². The Bertz CT molecular complexity index is 649. The van der Waals surface area contributed by atoms with Crippen LogP contribution in [-0.2, 0) is 6.54 Å². The quantitative estimate of drug-likeness (QED) is 0.912. The molecule has 0 radical (unpaired) electrons. The molecule has 1 aromatic heterocycles. The minimum atomic E-state index is -0.444. The Labute approximate surface area is 109 Å². The summed E-state index contributed by atoms with van der Waals surface area (Å²) < 4.78 is 13.4. The number of nitrogens with zero attached hydrogens (tertiary/aromatic N) is 2. The zero-order valence-corrected chi connectivity index (χ0v) is 9.93. The number of benzene rings is 1. The second-order valence-electron chi connectivity index (χ2n) is 3.82. The van der Waals surface area contributed by atoms with Gasteiger partial charge in [0.15, 0.2) is 0 Å². The maximum absolute atomic E-state index is 13.4.